The number of aliphatic hydroxyl groups excluding tert-OH is 3. The van der Waals surface area contributed by atoms with Gasteiger partial charge in [0.05, 0.1) is 18.4 Å². The zero-order chi connectivity index (χ0) is 10.9. The Bertz CT molecular complexity index is 238. The Morgan fingerprint density at radius 2 is 1.93 bits per heavy atom. The Kier molecular flexibility index (Phi) is 3.03. The number of rotatable bonds is 1. The van der Waals surface area contributed by atoms with E-state index in [1.807, 2.05) is 0 Å². The zero-order valence-corrected chi connectivity index (χ0v) is 6.90. The van der Waals surface area contributed by atoms with Gasteiger partial charge in [-0.3, -0.25) is 0 Å². The van der Waals surface area contributed by atoms with Crippen LogP contribution in [-0.2, 0) is 4.74 Å². The van der Waals surface area contributed by atoms with Crippen molar-refractivity contribution in [1.82, 2.24) is 0 Å². The van der Waals surface area contributed by atoms with Crippen molar-refractivity contribution in [2.24, 2.45) is 0 Å². The first-order chi connectivity index (χ1) is 6.38. The molecule has 0 aliphatic carbocycles. The second-order valence-electron chi connectivity index (χ2n) is 2.86. The molecule has 0 saturated carbocycles. The van der Waals surface area contributed by atoms with E-state index in [4.69, 9.17) is 15.3 Å². The van der Waals surface area contributed by atoms with E-state index < -0.39 is 36.7 Å². The van der Waals surface area contributed by atoms with Crippen LogP contribution in [0.15, 0.2) is 11.8 Å². The molecule has 0 aromatic carbocycles. The fourth-order valence-electron chi connectivity index (χ4n) is 1.08. The normalized spacial score (nSPS) is 33.6. The van der Waals surface area contributed by atoms with Crippen molar-refractivity contribution in [3.05, 3.63) is 11.8 Å². The van der Waals surface area contributed by atoms with E-state index in [1.165, 1.54) is 0 Å². The molecule has 0 bridgehead atoms. The molecule has 0 radical (unpaired) electrons. The predicted octanol–water partition coefficient (Wildman–Crippen LogP) is -0.455. The quantitative estimate of drug-likeness (QED) is 0.552. The highest BCUT2D eigenvalue weighted by molar-refractivity contribution is 5.17. The summed E-state index contributed by atoms with van der Waals surface area (Å²) in [6.07, 6.45) is -9.52. The Balaban J connectivity index is 2.87. The summed E-state index contributed by atoms with van der Waals surface area (Å²) in [6.45, 7) is -0.667. The highest BCUT2D eigenvalue weighted by Crippen LogP contribution is 2.33. The monoisotopic (exact) mass is 214 g/mol. The van der Waals surface area contributed by atoms with Gasteiger partial charge in [0.1, 0.15) is 18.3 Å². The molecule has 0 aromatic rings. The van der Waals surface area contributed by atoms with Gasteiger partial charge in [0.2, 0.25) is 0 Å². The van der Waals surface area contributed by atoms with E-state index in [1.54, 1.807) is 0 Å². The standard InChI is InChI=1S/C7H9F3O4/c8-7(9,10)3-2-14-4(1-11)6(13)5(3)12/h2,4-6,11-13H,1H2/t4-,5-,6+/m1/s1. The number of hydrogen-bond donors (Lipinski definition) is 3. The largest absolute Gasteiger partial charge is 0.492 e. The molecule has 0 fully saturated rings. The number of aliphatic hydroxyl groups is 3. The molecule has 0 saturated heterocycles. The van der Waals surface area contributed by atoms with Crippen molar-refractivity contribution in [3.63, 3.8) is 0 Å². The van der Waals surface area contributed by atoms with Gasteiger partial charge in [-0.05, 0) is 0 Å². The molecule has 4 nitrogen and oxygen atoms in total. The van der Waals surface area contributed by atoms with Gasteiger partial charge in [-0.25, -0.2) is 0 Å². The maximum Gasteiger partial charge on any atom is 0.418 e. The van der Waals surface area contributed by atoms with Crippen LogP contribution in [0.2, 0.25) is 0 Å². The van der Waals surface area contributed by atoms with E-state index in [9.17, 15) is 13.2 Å². The third kappa shape index (κ3) is 1.99. The lowest BCUT2D eigenvalue weighted by molar-refractivity contribution is -0.147. The van der Waals surface area contributed by atoms with Crippen molar-refractivity contribution < 1.29 is 33.2 Å². The van der Waals surface area contributed by atoms with Crippen LogP contribution in [0.4, 0.5) is 13.2 Å². The van der Waals surface area contributed by atoms with Crippen molar-refractivity contribution >= 4 is 0 Å². The topological polar surface area (TPSA) is 69.9 Å². The molecule has 0 unspecified atom stereocenters. The Labute approximate surface area is 77.2 Å². The van der Waals surface area contributed by atoms with Crippen LogP contribution in [0.25, 0.3) is 0 Å². The summed E-state index contributed by atoms with van der Waals surface area (Å²) < 4.78 is 40.7. The second kappa shape index (κ2) is 3.76. The van der Waals surface area contributed by atoms with Crippen molar-refractivity contribution in [1.29, 1.82) is 0 Å². The van der Waals surface area contributed by atoms with Crippen LogP contribution in [0, 0.1) is 0 Å². The molecule has 0 amide bonds. The van der Waals surface area contributed by atoms with E-state index in [2.05, 4.69) is 4.74 Å². The van der Waals surface area contributed by atoms with Gasteiger partial charge in [-0.15, -0.1) is 0 Å². The van der Waals surface area contributed by atoms with E-state index in [-0.39, 0.29) is 0 Å². The minimum atomic E-state index is -4.75. The van der Waals surface area contributed by atoms with Gasteiger partial charge in [-0.1, -0.05) is 0 Å². The summed E-state index contributed by atoms with van der Waals surface area (Å²) in [7, 11) is 0. The molecule has 0 spiro atoms. The summed E-state index contributed by atoms with van der Waals surface area (Å²) in [4.78, 5) is 0. The zero-order valence-electron chi connectivity index (χ0n) is 6.90. The van der Waals surface area contributed by atoms with Gasteiger partial charge >= 0.3 is 6.18 Å². The first-order valence-electron chi connectivity index (χ1n) is 3.77. The Morgan fingerprint density at radius 3 is 2.36 bits per heavy atom. The minimum absolute atomic E-state index is 0.318. The molecular formula is C7H9F3O4. The molecule has 82 valence electrons. The van der Waals surface area contributed by atoms with Gasteiger partial charge < -0.3 is 20.1 Å². The first kappa shape index (κ1) is 11.3. The molecular weight excluding hydrogens is 205 g/mol. The first-order valence-corrected chi connectivity index (χ1v) is 3.77. The third-order valence-corrected chi connectivity index (χ3v) is 1.90. The summed E-state index contributed by atoms with van der Waals surface area (Å²) >= 11 is 0. The molecule has 3 N–H and O–H groups in total. The van der Waals surface area contributed by atoms with Gasteiger partial charge in [0.15, 0.2) is 0 Å². The highest BCUT2D eigenvalue weighted by atomic mass is 19.4. The van der Waals surface area contributed by atoms with Crippen LogP contribution in [0.5, 0.6) is 0 Å². The number of ether oxygens (including phenoxy) is 1. The van der Waals surface area contributed by atoms with Crippen molar-refractivity contribution in [2.75, 3.05) is 6.61 Å². The van der Waals surface area contributed by atoms with Crippen molar-refractivity contribution in [3.8, 4) is 0 Å². The fraction of sp³-hybridized carbons (Fsp3) is 0.714. The van der Waals surface area contributed by atoms with Gasteiger partial charge in [0, 0.05) is 0 Å². The molecule has 1 rings (SSSR count). The third-order valence-electron chi connectivity index (χ3n) is 1.90. The molecule has 1 aliphatic rings. The number of hydrogen-bond acceptors (Lipinski definition) is 4. The Morgan fingerprint density at radius 1 is 1.36 bits per heavy atom. The minimum Gasteiger partial charge on any atom is -0.492 e. The molecule has 7 heteroatoms. The maximum absolute atomic E-state index is 12.1. The van der Waals surface area contributed by atoms with Gasteiger partial charge in [0.25, 0.3) is 0 Å². The van der Waals surface area contributed by atoms with Gasteiger partial charge in [-0.2, -0.15) is 13.2 Å². The average Bonchev–Trinajstić information content (AvgIpc) is 2.07. The van der Waals surface area contributed by atoms with Crippen LogP contribution in [-0.4, -0.2) is 46.4 Å². The SMILES string of the molecule is OC[C@H]1OC=C(C(F)(F)F)[C@@H](O)[C@H]1O. The number of halogens is 3. The fourth-order valence-corrected chi connectivity index (χ4v) is 1.08. The lowest BCUT2D eigenvalue weighted by Gasteiger charge is -2.31. The highest BCUT2D eigenvalue weighted by Gasteiger charge is 2.46. The summed E-state index contributed by atoms with van der Waals surface area (Å²) in [5.41, 5.74) is -1.35. The van der Waals surface area contributed by atoms with Crippen LogP contribution in [0.3, 0.4) is 0 Å². The van der Waals surface area contributed by atoms with E-state index in [0.717, 1.165) is 0 Å². The lowest BCUT2D eigenvalue weighted by Crippen LogP contribution is -2.47. The summed E-state index contributed by atoms with van der Waals surface area (Å²) in [5.74, 6) is 0. The molecule has 1 heterocycles. The lowest BCUT2D eigenvalue weighted by atomic mass is 9.99. The average molecular weight is 214 g/mol. The van der Waals surface area contributed by atoms with Crippen LogP contribution < -0.4 is 0 Å². The smallest absolute Gasteiger partial charge is 0.418 e. The molecule has 1 aliphatic heterocycles. The second-order valence-corrected chi connectivity index (χ2v) is 2.86. The van der Waals surface area contributed by atoms with E-state index in [0.29, 0.717) is 6.26 Å². The van der Waals surface area contributed by atoms with Crippen LogP contribution in [0.1, 0.15) is 0 Å². The Hall–Kier alpha value is -0.790. The molecule has 3 atom stereocenters. The summed E-state index contributed by atoms with van der Waals surface area (Å²) in [5, 5.41) is 26.7. The molecule has 14 heavy (non-hydrogen) atoms. The number of alkyl halides is 3. The maximum atomic E-state index is 12.1. The van der Waals surface area contributed by atoms with E-state index >= 15 is 0 Å². The predicted molar refractivity (Wildman–Crippen MR) is 38.1 cm³/mol. The van der Waals surface area contributed by atoms with Crippen LogP contribution >= 0.6 is 0 Å². The van der Waals surface area contributed by atoms with Crippen molar-refractivity contribution in [2.45, 2.75) is 24.5 Å². The molecule has 0 aromatic heterocycles. The summed E-state index contributed by atoms with van der Waals surface area (Å²) in [6, 6.07) is 0.